The van der Waals surface area contributed by atoms with Crippen molar-refractivity contribution < 1.29 is 14.3 Å². The van der Waals surface area contributed by atoms with Gasteiger partial charge in [-0.15, -0.1) is 0 Å². The average Bonchev–Trinajstić information content (AvgIpc) is 2.69. The maximum Gasteiger partial charge on any atom is 0.336 e. The molecule has 0 aliphatic rings. The van der Waals surface area contributed by atoms with Gasteiger partial charge in [0, 0.05) is 11.1 Å². The summed E-state index contributed by atoms with van der Waals surface area (Å²) in [6.07, 6.45) is 0.971. The first-order valence-corrected chi connectivity index (χ1v) is 7.92. The Morgan fingerprint density at radius 2 is 2.00 bits per heavy atom. The molecule has 0 amide bonds. The fourth-order valence-corrected chi connectivity index (χ4v) is 2.45. The number of aromatic amines is 1. The van der Waals surface area contributed by atoms with Crippen LogP contribution in [0.4, 0.5) is 10.3 Å². The maximum absolute atomic E-state index is 13.9. The molecular formula is C19H12FN5O3. The Bertz CT molecular complexity index is 1170. The van der Waals surface area contributed by atoms with Crippen LogP contribution in [0, 0.1) is 17.1 Å². The van der Waals surface area contributed by atoms with Crippen LogP contribution >= 0.6 is 0 Å². The van der Waals surface area contributed by atoms with E-state index in [1.165, 1.54) is 12.1 Å². The molecule has 0 aliphatic heterocycles. The Morgan fingerprint density at radius 3 is 2.68 bits per heavy atom. The number of anilines is 1. The summed E-state index contributed by atoms with van der Waals surface area (Å²) < 4.78 is 13.9. The van der Waals surface area contributed by atoms with Crippen LogP contribution < -0.4 is 11.0 Å². The Kier molecular flexibility index (Phi) is 5.23. The average molecular weight is 377 g/mol. The van der Waals surface area contributed by atoms with E-state index in [2.05, 4.69) is 20.5 Å². The highest BCUT2D eigenvalue weighted by Gasteiger charge is 2.14. The normalized spacial score (nSPS) is 10.6. The Hall–Kier alpha value is -4.32. The highest BCUT2D eigenvalue weighted by Crippen LogP contribution is 2.19. The molecule has 28 heavy (non-hydrogen) atoms. The molecule has 1 heterocycles. The molecule has 1 aromatic heterocycles. The number of hydrazone groups is 1. The molecular weight excluding hydrogens is 365 g/mol. The second kappa shape index (κ2) is 7.92. The highest BCUT2D eigenvalue weighted by atomic mass is 19.1. The number of carboxylic acid groups (broad SMARTS) is 1. The standard InChI is InChI=1S/C19H12FN5O3/c20-15-8-4-7-12(18(27)28)14(15)10-22-25-19-23-16(11-5-2-1-3-6-11)13(9-21)17(26)24-19/h1-8,10H,(H,27,28)(H2,23,24,25,26). The molecule has 8 nitrogen and oxygen atoms in total. The van der Waals surface area contributed by atoms with E-state index in [1.54, 1.807) is 30.3 Å². The number of H-pyrrole nitrogens is 1. The van der Waals surface area contributed by atoms with E-state index in [0.29, 0.717) is 5.56 Å². The van der Waals surface area contributed by atoms with Gasteiger partial charge in [0.25, 0.3) is 5.56 Å². The minimum absolute atomic E-state index is 0.0904. The first-order chi connectivity index (χ1) is 13.5. The fourth-order valence-electron chi connectivity index (χ4n) is 2.45. The summed E-state index contributed by atoms with van der Waals surface area (Å²) in [6.45, 7) is 0. The van der Waals surface area contributed by atoms with Gasteiger partial charge < -0.3 is 5.11 Å². The van der Waals surface area contributed by atoms with Crippen molar-refractivity contribution in [2.75, 3.05) is 5.43 Å². The van der Waals surface area contributed by atoms with Crippen LogP contribution in [0.15, 0.2) is 58.4 Å². The number of nitrogens with one attached hydrogen (secondary N) is 2. The summed E-state index contributed by atoms with van der Waals surface area (Å²) in [5.41, 5.74) is 1.79. The van der Waals surface area contributed by atoms with Gasteiger partial charge in [0.05, 0.1) is 17.5 Å². The van der Waals surface area contributed by atoms with E-state index in [0.717, 1.165) is 12.3 Å². The van der Waals surface area contributed by atoms with Crippen LogP contribution in [0.25, 0.3) is 11.3 Å². The third-order valence-electron chi connectivity index (χ3n) is 3.73. The lowest BCUT2D eigenvalue weighted by Crippen LogP contribution is -2.16. The summed E-state index contributed by atoms with van der Waals surface area (Å²) in [5.74, 6) is -2.17. The molecule has 0 spiro atoms. The maximum atomic E-state index is 13.9. The van der Waals surface area contributed by atoms with Crippen molar-refractivity contribution in [3.8, 4) is 17.3 Å². The van der Waals surface area contributed by atoms with Gasteiger partial charge >= 0.3 is 5.97 Å². The lowest BCUT2D eigenvalue weighted by atomic mass is 10.1. The Balaban J connectivity index is 1.96. The minimum Gasteiger partial charge on any atom is -0.478 e. The van der Waals surface area contributed by atoms with Gasteiger partial charge in [0.1, 0.15) is 17.4 Å². The van der Waals surface area contributed by atoms with Crippen molar-refractivity contribution in [3.63, 3.8) is 0 Å². The molecule has 0 saturated heterocycles. The highest BCUT2D eigenvalue weighted by molar-refractivity contribution is 5.98. The van der Waals surface area contributed by atoms with E-state index < -0.39 is 17.3 Å². The molecule has 0 atom stereocenters. The molecule has 0 unspecified atom stereocenters. The zero-order valence-corrected chi connectivity index (χ0v) is 14.2. The minimum atomic E-state index is -1.31. The number of benzene rings is 2. The third-order valence-corrected chi connectivity index (χ3v) is 3.73. The smallest absolute Gasteiger partial charge is 0.336 e. The second-order valence-corrected chi connectivity index (χ2v) is 5.49. The number of aromatic carboxylic acids is 1. The van der Waals surface area contributed by atoms with E-state index in [-0.39, 0.29) is 28.3 Å². The molecule has 0 fully saturated rings. The van der Waals surface area contributed by atoms with Crippen molar-refractivity contribution in [1.82, 2.24) is 9.97 Å². The van der Waals surface area contributed by atoms with E-state index >= 15 is 0 Å². The number of rotatable bonds is 5. The van der Waals surface area contributed by atoms with E-state index in [9.17, 15) is 19.2 Å². The topological polar surface area (TPSA) is 131 Å². The molecule has 138 valence electrons. The number of nitriles is 1. The predicted octanol–water partition coefficient (Wildman–Crippen LogP) is 2.59. The van der Waals surface area contributed by atoms with Crippen LogP contribution in [0.5, 0.6) is 0 Å². The molecule has 3 N–H and O–H groups in total. The zero-order chi connectivity index (χ0) is 20.1. The second-order valence-electron chi connectivity index (χ2n) is 5.49. The van der Waals surface area contributed by atoms with E-state index in [4.69, 9.17) is 5.11 Å². The van der Waals surface area contributed by atoms with Gasteiger partial charge in [-0.2, -0.15) is 10.4 Å². The number of halogens is 1. The van der Waals surface area contributed by atoms with Crippen LogP contribution in [0.3, 0.4) is 0 Å². The van der Waals surface area contributed by atoms with E-state index in [1.807, 2.05) is 6.07 Å². The van der Waals surface area contributed by atoms with Crippen LogP contribution in [-0.4, -0.2) is 27.3 Å². The Morgan fingerprint density at radius 1 is 1.25 bits per heavy atom. The van der Waals surface area contributed by atoms with Crippen molar-refractivity contribution in [3.05, 3.63) is 81.4 Å². The summed E-state index contributed by atoms with van der Waals surface area (Å²) in [4.78, 5) is 29.9. The molecule has 9 heteroatoms. The quantitative estimate of drug-likeness (QED) is 0.463. The predicted molar refractivity (Wildman–Crippen MR) is 99.6 cm³/mol. The molecule has 0 radical (unpaired) electrons. The SMILES string of the molecule is N#Cc1c(-c2ccccc2)nc(NN=Cc2c(F)cccc2C(=O)O)[nH]c1=O. The number of aromatic nitrogens is 2. The molecule has 0 bridgehead atoms. The largest absolute Gasteiger partial charge is 0.478 e. The van der Waals surface area contributed by atoms with Gasteiger partial charge in [-0.1, -0.05) is 36.4 Å². The number of hydrogen-bond acceptors (Lipinski definition) is 6. The van der Waals surface area contributed by atoms with Gasteiger partial charge in [-0.25, -0.2) is 19.6 Å². The van der Waals surface area contributed by atoms with Gasteiger partial charge in [0.15, 0.2) is 0 Å². The van der Waals surface area contributed by atoms with Gasteiger partial charge in [0.2, 0.25) is 5.95 Å². The molecule has 3 rings (SSSR count). The first kappa shape index (κ1) is 18.5. The van der Waals surface area contributed by atoms with Crippen LogP contribution in [0.1, 0.15) is 21.5 Å². The summed E-state index contributed by atoms with van der Waals surface area (Å²) in [6, 6.07) is 14.0. The summed E-state index contributed by atoms with van der Waals surface area (Å²) >= 11 is 0. The number of carbonyl (C=O) groups is 1. The molecule has 0 saturated carbocycles. The van der Waals surface area contributed by atoms with Crippen molar-refractivity contribution in [2.24, 2.45) is 5.10 Å². The number of carboxylic acids is 1. The van der Waals surface area contributed by atoms with Crippen molar-refractivity contribution in [2.45, 2.75) is 0 Å². The summed E-state index contributed by atoms with van der Waals surface area (Å²) in [7, 11) is 0. The molecule has 2 aromatic carbocycles. The van der Waals surface area contributed by atoms with Crippen LogP contribution in [-0.2, 0) is 0 Å². The Labute approximate surface area is 157 Å². The molecule has 3 aromatic rings. The lowest BCUT2D eigenvalue weighted by Gasteiger charge is -2.06. The number of hydrogen-bond donors (Lipinski definition) is 3. The fraction of sp³-hybridized carbons (Fsp3) is 0. The van der Waals surface area contributed by atoms with Gasteiger partial charge in [-0.3, -0.25) is 9.78 Å². The molecule has 0 aliphatic carbocycles. The summed E-state index contributed by atoms with van der Waals surface area (Å²) in [5, 5.41) is 22.1. The number of nitrogens with zero attached hydrogens (tertiary/aromatic N) is 3. The third kappa shape index (κ3) is 3.76. The monoisotopic (exact) mass is 377 g/mol. The van der Waals surface area contributed by atoms with Crippen molar-refractivity contribution >= 4 is 18.1 Å². The first-order valence-electron chi connectivity index (χ1n) is 7.92. The zero-order valence-electron chi connectivity index (χ0n) is 14.2. The lowest BCUT2D eigenvalue weighted by molar-refractivity contribution is 0.0696. The van der Waals surface area contributed by atoms with Crippen molar-refractivity contribution in [1.29, 1.82) is 5.26 Å². The van der Waals surface area contributed by atoms with Gasteiger partial charge in [-0.05, 0) is 12.1 Å². The van der Waals surface area contributed by atoms with Crippen LogP contribution in [0.2, 0.25) is 0 Å².